The Morgan fingerprint density at radius 3 is 2.21 bits per heavy atom. The molecule has 0 radical (unpaired) electrons. The number of nitrogens with zero attached hydrogens (tertiary/aromatic N) is 2. The summed E-state index contributed by atoms with van der Waals surface area (Å²) in [5.74, 6) is -1.76. The zero-order chi connectivity index (χ0) is 41.4. The molecular formula is C41H54N8O7S. The average molecular weight is 803 g/mol. The lowest BCUT2D eigenvalue weighted by Crippen LogP contribution is -2.56. The van der Waals surface area contributed by atoms with Crippen LogP contribution in [-0.4, -0.2) is 80.1 Å². The first-order valence-corrected chi connectivity index (χ1v) is 20.8. The second-order valence-electron chi connectivity index (χ2n) is 15.3. The van der Waals surface area contributed by atoms with Crippen LogP contribution in [0.4, 0.5) is 16.2 Å². The molecule has 0 saturated carbocycles. The molecule has 0 bridgehead atoms. The minimum atomic E-state index is -4.16. The smallest absolute Gasteiger partial charge is 0.331 e. The standard InChI is InChI=1S/C41H54N8O7S/c1-25(2)22-33(46-39(52)36(43)26(3)4)38(51)45-32(12-8-9-20-42)37(50)44-30-15-13-28(14-16-30)40(53)48-21-19-29-23-31(17-18-35(29)48)57(55,56)49-24-34(47-41(49)54)27-10-6-5-7-11-27/h5-7,10-11,13-18,23,25-26,32-34,36H,8-9,12,19-22,24,42-43H2,1-4H3,(H,44,50)(H,45,51)(H,46,52)(H,47,54)/t32-,33?,34-,36?/m1/s1. The largest absolute Gasteiger partial charge is 0.343 e. The predicted octanol–water partition coefficient (Wildman–Crippen LogP) is 3.41. The number of benzene rings is 3. The summed E-state index contributed by atoms with van der Waals surface area (Å²) < 4.78 is 28.0. The van der Waals surface area contributed by atoms with Gasteiger partial charge in [-0.3, -0.25) is 19.2 Å². The molecule has 16 heteroatoms. The number of hydrogen-bond acceptors (Lipinski definition) is 9. The highest BCUT2D eigenvalue weighted by molar-refractivity contribution is 7.89. The summed E-state index contributed by atoms with van der Waals surface area (Å²) in [5.41, 5.74) is 14.5. The Bertz CT molecular complexity index is 2040. The van der Waals surface area contributed by atoms with E-state index in [9.17, 15) is 32.4 Å². The van der Waals surface area contributed by atoms with Gasteiger partial charge in [-0.05, 0) is 104 Å². The van der Waals surface area contributed by atoms with E-state index in [1.54, 1.807) is 35.2 Å². The first kappa shape index (κ1) is 42.8. The monoisotopic (exact) mass is 802 g/mol. The number of carbonyl (C=O) groups is 5. The molecule has 5 rings (SSSR count). The summed E-state index contributed by atoms with van der Waals surface area (Å²) in [6.07, 6.45) is 2.31. The number of unbranched alkanes of at least 4 members (excludes halogenated alkanes) is 1. The molecule has 0 spiro atoms. The van der Waals surface area contributed by atoms with E-state index in [-0.39, 0.29) is 29.2 Å². The van der Waals surface area contributed by atoms with Gasteiger partial charge in [0.15, 0.2) is 0 Å². The van der Waals surface area contributed by atoms with E-state index in [2.05, 4.69) is 21.3 Å². The number of nitrogens with two attached hydrogens (primary N) is 2. The van der Waals surface area contributed by atoms with Gasteiger partial charge < -0.3 is 37.6 Å². The van der Waals surface area contributed by atoms with Gasteiger partial charge in [-0.1, -0.05) is 58.0 Å². The third kappa shape index (κ3) is 10.4. The van der Waals surface area contributed by atoms with Crippen LogP contribution in [0.25, 0.3) is 0 Å². The third-order valence-corrected chi connectivity index (χ3v) is 11.9. The number of anilines is 2. The first-order chi connectivity index (χ1) is 27.1. The molecule has 3 aromatic rings. The molecule has 2 heterocycles. The maximum absolute atomic E-state index is 13.7. The molecule has 1 saturated heterocycles. The number of nitrogens with one attached hydrogen (secondary N) is 4. The van der Waals surface area contributed by atoms with Crippen molar-refractivity contribution < 1.29 is 32.4 Å². The molecule has 2 aliphatic heterocycles. The van der Waals surface area contributed by atoms with Crippen molar-refractivity contribution in [2.75, 3.05) is 29.9 Å². The Morgan fingerprint density at radius 1 is 0.877 bits per heavy atom. The molecule has 6 amide bonds. The third-order valence-electron chi connectivity index (χ3n) is 10.2. The lowest BCUT2D eigenvalue weighted by molar-refractivity contribution is -0.132. The lowest BCUT2D eigenvalue weighted by Gasteiger charge is -2.26. The van der Waals surface area contributed by atoms with Crippen molar-refractivity contribution in [3.8, 4) is 0 Å². The van der Waals surface area contributed by atoms with Crippen molar-refractivity contribution in [3.05, 3.63) is 89.5 Å². The molecule has 1 fully saturated rings. The fourth-order valence-corrected chi connectivity index (χ4v) is 8.26. The molecule has 57 heavy (non-hydrogen) atoms. The van der Waals surface area contributed by atoms with Gasteiger partial charge in [0, 0.05) is 23.5 Å². The quantitative estimate of drug-likeness (QED) is 0.110. The number of sulfonamides is 1. The Kier molecular flexibility index (Phi) is 14.1. The molecule has 0 aliphatic carbocycles. The van der Waals surface area contributed by atoms with Crippen LogP contribution in [0.5, 0.6) is 0 Å². The van der Waals surface area contributed by atoms with Gasteiger partial charge in [-0.2, -0.15) is 0 Å². The zero-order valence-corrected chi connectivity index (χ0v) is 33.7. The number of urea groups is 1. The summed E-state index contributed by atoms with van der Waals surface area (Å²) in [6, 6.07) is 16.2. The van der Waals surface area contributed by atoms with Crippen LogP contribution >= 0.6 is 0 Å². The van der Waals surface area contributed by atoms with Gasteiger partial charge in [0.2, 0.25) is 17.7 Å². The summed E-state index contributed by atoms with van der Waals surface area (Å²) in [5, 5.41) is 11.2. The first-order valence-electron chi connectivity index (χ1n) is 19.4. The fourth-order valence-electron chi connectivity index (χ4n) is 6.86. The number of amides is 6. The summed E-state index contributed by atoms with van der Waals surface area (Å²) in [6.45, 7) is 8.20. The van der Waals surface area contributed by atoms with Crippen LogP contribution in [0.1, 0.15) is 80.9 Å². The van der Waals surface area contributed by atoms with Gasteiger partial charge in [-0.15, -0.1) is 0 Å². The molecule has 2 unspecified atom stereocenters. The summed E-state index contributed by atoms with van der Waals surface area (Å²) in [4.78, 5) is 67.8. The molecule has 2 aliphatic rings. The van der Waals surface area contributed by atoms with Gasteiger partial charge in [-0.25, -0.2) is 17.5 Å². The van der Waals surface area contributed by atoms with Gasteiger partial charge >= 0.3 is 6.03 Å². The minimum absolute atomic E-state index is 0.0347. The molecule has 306 valence electrons. The summed E-state index contributed by atoms with van der Waals surface area (Å²) >= 11 is 0. The van der Waals surface area contributed by atoms with E-state index < -0.39 is 57.9 Å². The van der Waals surface area contributed by atoms with Gasteiger partial charge in [0.05, 0.1) is 23.5 Å². The number of rotatable bonds is 17. The zero-order valence-electron chi connectivity index (χ0n) is 32.9. The van der Waals surface area contributed by atoms with Crippen molar-refractivity contribution in [2.45, 2.75) is 88.9 Å². The Hall–Kier alpha value is -5.32. The molecule has 15 nitrogen and oxygen atoms in total. The van der Waals surface area contributed by atoms with Crippen LogP contribution in [-0.2, 0) is 30.8 Å². The van der Waals surface area contributed by atoms with Gasteiger partial charge in [0.25, 0.3) is 15.9 Å². The van der Waals surface area contributed by atoms with E-state index in [4.69, 9.17) is 11.5 Å². The fraction of sp³-hybridized carbons (Fsp3) is 0.439. The second kappa shape index (κ2) is 18.7. The van der Waals surface area contributed by atoms with Crippen molar-refractivity contribution in [1.29, 1.82) is 0 Å². The lowest BCUT2D eigenvalue weighted by atomic mass is 9.99. The SMILES string of the molecule is CC(C)CC(NC(=O)C(N)C(C)C)C(=O)N[C@H](CCCCN)C(=O)Nc1ccc(C(=O)N2CCc3cc(S(=O)(=O)N4C[C@H](c5ccccc5)NC4=O)ccc32)cc1. The van der Waals surface area contributed by atoms with E-state index in [0.717, 1.165) is 9.87 Å². The number of fused-ring (bicyclic) bond motifs is 1. The van der Waals surface area contributed by atoms with Crippen LogP contribution in [0.15, 0.2) is 77.7 Å². The molecule has 8 N–H and O–H groups in total. The molecule has 0 aromatic heterocycles. The topological polar surface area (TPSA) is 226 Å². The second-order valence-corrected chi connectivity index (χ2v) is 17.2. The highest BCUT2D eigenvalue weighted by Crippen LogP contribution is 2.34. The van der Waals surface area contributed by atoms with Gasteiger partial charge in [0.1, 0.15) is 12.1 Å². The predicted molar refractivity (Wildman–Crippen MR) is 218 cm³/mol. The molecule has 3 aromatic carbocycles. The van der Waals surface area contributed by atoms with Crippen molar-refractivity contribution >= 4 is 51.1 Å². The van der Waals surface area contributed by atoms with E-state index in [0.29, 0.717) is 67.7 Å². The van der Waals surface area contributed by atoms with Crippen LogP contribution in [0.3, 0.4) is 0 Å². The Labute approximate surface area is 334 Å². The van der Waals surface area contributed by atoms with Crippen molar-refractivity contribution in [2.24, 2.45) is 23.3 Å². The number of hydrogen-bond donors (Lipinski definition) is 6. The van der Waals surface area contributed by atoms with Crippen molar-refractivity contribution in [1.82, 2.24) is 20.3 Å². The Morgan fingerprint density at radius 2 is 1.56 bits per heavy atom. The molecule has 4 atom stereocenters. The number of carbonyl (C=O) groups excluding carboxylic acids is 5. The van der Waals surface area contributed by atoms with Crippen LogP contribution in [0.2, 0.25) is 0 Å². The minimum Gasteiger partial charge on any atom is -0.343 e. The maximum Gasteiger partial charge on any atom is 0.331 e. The highest BCUT2D eigenvalue weighted by Gasteiger charge is 2.39. The normalized spacial score (nSPS) is 16.8. The van der Waals surface area contributed by atoms with Crippen LogP contribution < -0.4 is 37.6 Å². The molecular weight excluding hydrogens is 749 g/mol. The average Bonchev–Trinajstić information content (AvgIpc) is 3.80. The van der Waals surface area contributed by atoms with Crippen molar-refractivity contribution in [3.63, 3.8) is 0 Å². The van der Waals surface area contributed by atoms with E-state index in [1.165, 1.54) is 12.1 Å². The van der Waals surface area contributed by atoms with E-state index in [1.807, 2.05) is 58.0 Å². The van der Waals surface area contributed by atoms with Crippen LogP contribution in [0, 0.1) is 11.8 Å². The summed E-state index contributed by atoms with van der Waals surface area (Å²) in [7, 11) is -4.16. The highest BCUT2D eigenvalue weighted by atomic mass is 32.2. The Balaban J connectivity index is 1.24. The maximum atomic E-state index is 13.7. The van der Waals surface area contributed by atoms with E-state index >= 15 is 0 Å².